The zero-order chi connectivity index (χ0) is 30.8. The number of fused-ring (bicyclic) bond motifs is 2. The van der Waals surface area contributed by atoms with Crippen molar-refractivity contribution in [1.82, 2.24) is 29.1 Å². The molecule has 4 aromatic heterocycles. The number of phenols is 1. The highest BCUT2D eigenvalue weighted by atomic mass is 127. The fourth-order valence-electron chi connectivity index (χ4n) is 4.97. The summed E-state index contributed by atoms with van der Waals surface area (Å²) in [5.41, 5.74) is 7.96. The summed E-state index contributed by atoms with van der Waals surface area (Å²) in [6.07, 6.45) is 8.62. The maximum atomic E-state index is 11.6. The third-order valence-corrected chi connectivity index (χ3v) is 7.93. The molecule has 0 fully saturated rings. The number of carbonyl (C=O) groups excluding carboxylic acids is 2. The highest BCUT2D eigenvalue weighted by Gasteiger charge is 2.12. The van der Waals surface area contributed by atoms with Gasteiger partial charge in [-0.25, -0.2) is 19.9 Å². The van der Waals surface area contributed by atoms with Crippen LogP contribution in [-0.4, -0.2) is 46.7 Å². The molecule has 7 aromatic rings. The lowest BCUT2D eigenvalue weighted by Gasteiger charge is -2.09. The summed E-state index contributed by atoms with van der Waals surface area (Å²) in [6.45, 7) is 0. The Hall–Kier alpha value is -5.23. The maximum absolute atomic E-state index is 11.6. The van der Waals surface area contributed by atoms with Gasteiger partial charge in [0.05, 0.1) is 58.9 Å². The van der Waals surface area contributed by atoms with E-state index in [2.05, 4.69) is 42.5 Å². The van der Waals surface area contributed by atoms with E-state index in [-0.39, 0.29) is 5.75 Å². The summed E-state index contributed by atoms with van der Waals surface area (Å²) >= 11 is 2.23. The predicted molar refractivity (Wildman–Crippen MR) is 178 cm³/mol. The molecule has 0 amide bonds. The van der Waals surface area contributed by atoms with E-state index in [0.29, 0.717) is 16.8 Å². The summed E-state index contributed by atoms with van der Waals surface area (Å²) in [4.78, 5) is 40.4. The van der Waals surface area contributed by atoms with Gasteiger partial charge in [0.1, 0.15) is 5.75 Å². The van der Waals surface area contributed by atoms with E-state index in [4.69, 9.17) is 0 Å². The van der Waals surface area contributed by atoms with Crippen molar-refractivity contribution in [3.05, 3.63) is 113 Å². The number of aromatic nitrogens is 6. The molecule has 44 heavy (non-hydrogen) atoms. The van der Waals surface area contributed by atoms with Crippen molar-refractivity contribution < 1.29 is 14.7 Å². The van der Waals surface area contributed by atoms with Crippen molar-refractivity contribution in [3.63, 3.8) is 0 Å². The number of aromatic hydroxyl groups is 1. The Morgan fingerprint density at radius 2 is 1.16 bits per heavy atom. The van der Waals surface area contributed by atoms with Crippen molar-refractivity contribution >= 4 is 57.0 Å². The van der Waals surface area contributed by atoms with Gasteiger partial charge in [-0.3, -0.25) is 9.59 Å². The first kappa shape index (κ1) is 28.9. The van der Waals surface area contributed by atoms with E-state index in [0.717, 1.165) is 66.2 Å². The minimum atomic E-state index is 0.223. The molecule has 0 bridgehead atoms. The van der Waals surface area contributed by atoms with Gasteiger partial charge in [-0.1, -0.05) is 18.2 Å². The number of pyridine rings is 2. The number of phenolic OH excluding ortho intramolecular Hbond substituents is 1. The average molecular weight is 693 g/mol. The van der Waals surface area contributed by atoms with E-state index in [1.807, 2.05) is 77.8 Å². The number of hydrogen-bond donors (Lipinski definition) is 1. The fraction of sp³-hybridized carbons (Fsp3) is 0.0588. The van der Waals surface area contributed by atoms with Crippen LogP contribution in [0.4, 0.5) is 0 Å². The summed E-state index contributed by atoms with van der Waals surface area (Å²) in [6, 6.07) is 22.3. The molecular formula is C34H25IN6O3. The van der Waals surface area contributed by atoms with Crippen LogP contribution >= 0.6 is 22.6 Å². The van der Waals surface area contributed by atoms with Gasteiger partial charge in [0, 0.05) is 39.6 Å². The number of aryl methyl sites for hydroxylation is 2. The van der Waals surface area contributed by atoms with Gasteiger partial charge in [-0.2, -0.15) is 0 Å². The van der Waals surface area contributed by atoms with Crippen LogP contribution in [0.15, 0.2) is 97.8 Å². The van der Waals surface area contributed by atoms with Crippen LogP contribution in [0.5, 0.6) is 5.75 Å². The Morgan fingerprint density at radius 1 is 0.659 bits per heavy atom. The molecule has 3 aromatic carbocycles. The number of hydrogen-bond acceptors (Lipinski definition) is 7. The number of imidazole rings is 2. The van der Waals surface area contributed by atoms with Crippen LogP contribution in [0.1, 0.15) is 20.7 Å². The third kappa shape index (κ3) is 5.71. The maximum Gasteiger partial charge on any atom is 0.150 e. The molecule has 0 aliphatic carbocycles. The van der Waals surface area contributed by atoms with Crippen LogP contribution in [0.3, 0.4) is 0 Å². The van der Waals surface area contributed by atoms with Gasteiger partial charge in [0.25, 0.3) is 0 Å². The number of nitrogens with zero attached hydrogens (tertiary/aromatic N) is 6. The molecule has 0 radical (unpaired) electrons. The average Bonchev–Trinajstić information content (AvgIpc) is 3.68. The van der Waals surface area contributed by atoms with Crippen LogP contribution in [0, 0.1) is 3.57 Å². The molecule has 4 heterocycles. The lowest BCUT2D eigenvalue weighted by atomic mass is 10.0. The minimum absolute atomic E-state index is 0.223. The van der Waals surface area contributed by atoms with Crippen LogP contribution in [0.2, 0.25) is 0 Å². The van der Waals surface area contributed by atoms with Crippen molar-refractivity contribution in [2.24, 2.45) is 14.1 Å². The molecule has 0 aliphatic heterocycles. The van der Waals surface area contributed by atoms with E-state index >= 15 is 0 Å². The summed E-state index contributed by atoms with van der Waals surface area (Å²) in [7, 11) is 3.80. The summed E-state index contributed by atoms with van der Waals surface area (Å²) in [5.74, 6) is 0.223. The number of benzene rings is 3. The Morgan fingerprint density at radius 3 is 1.66 bits per heavy atom. The first-order chi connectivity index (χ1) is 21.3. The molecule has 10 heteroatoms. The zero-order valence-electron chi connectivity index (χ0n) is 23.7. The second kappa shape index (κ2) is 12.2. The predicted octanol–water partition coefficient (Wildman–Crippen LogP) is 6.87. The zero-order valence-corrected chi connectivity index (χ0v) is 25.9. The second-order valence-corrected chi connectivity index (χ2v) is 11.4. The smallest absolute Gasteiger partial charge is 0.150 e. The molecule has 216 valence electrons. The van der Waals surface area contributed by atoms with Crippen molar-refractivity contribution in [2.45, 2.75) is 0 Å². The fourth-order valence-corrected chi connectivity index (χ4v) is 5.47. The standard InChI is InChI=1S/C20H15N3O2.C14H10IN3O/c1-23-12-21-10-20(23)19-9-15(11-24)17-8-14(4-7-18(17)22-19)13-2-5-16(25)6-3-13;1-18-8-16-6-14(18)13-4-9(7-19)11-5-10(15)2-3-12(11)17-13/h2-12,25H,1H3;2-8H,1H3. The molecule has 0 aliphatic rings. The summed E-state index contributed by atoms with van der Waals surface area (Å²) < 4.78 is 4.84. The van der Waals surface area contributed by atoms with Gasteiger partial charge in [-0.05, 0) is 88.3 Å². The molecule has 0 spiro atoms. The summed E-state index contributed by atoms with van der Waals surface area (Å²) in [5, 5.41) is 11.1. The van der Waals surface area contributed by atoms with Gasteiger partial charge >= 0.3 is 0 Å². The topological polar surface area (TPSA) is 116 Å². The Balaban J connectivity index is 0.000000162. The molecule has 0 saturated carbocycles. The molecule has 0 unspecified atom stereocenters. The van der Waals surface area contributed by atoms with Crippen LogP contribution in [-0.2, 0) is 14.1 Å². The molecule has 0 saturated heterocycles. The Bertz CT molecular complexity index is 2170. The molecule has 9 nitrogen and oxygen atoms in total. The molecular weight excluding hydrogens is 667 g/mol. The molecule has 0 atom stereocenters. The normalized spacial score (nSPS) is 10.9. The van der Waals surface area contributed by atoms with Crippen LogP contribution < -0.4 is 0 Å². The van der Waals surface area contributed by atoms with Crippen LogP contribution in [0.25, 0.3) is 55.7 Å². The SMILES string of the molecule is Cn1cncc1-c1cc(C=O)c2cc(-c3ccc(O)cc3)ccc2n1.Cn1cncc1-c1cc(C=O)c2cc(I)ccc2n1. The van der Waals surface area contributed by atoms with E-state index in [1.54, 1.807) is 43.2 Å². The Labute approximate surface area is 266 Å². The lowest BCUT2D eigenvalue weighted by Crippen LogP contribution is -1.96. The lowest BCUT2D eigenvalue weighted by molar-refractivity contribution is 0.111. The minimum Gasteiger partial charge on any atom is -0.508 e. The largest absolute Gasteiger partial charge is 0.508 e. The van der Waals surface area contributed by atoms with Gasteiger partial charge in [0.2, 0.25) is 0 Å². The first-order valence-corrected chi connectivity index (χ1v) is 14.6. The highest BCUT2D eigenvalue weighted by Crippen LogP contribution is 2.29. The van der Waals surface area contributed by atoms with Gasteiger partial charge in [0.15, 0.2) is 12.6 Å². The molecule has 7 rings (SSSR count). The number of halogens is 1. The molecule has 1 N–H and O–H groups in total. The number of aldehydes is 2. The van der Waals surface area contributed by atoms with E-state index in [1.165, 1.54) is 0 Å². The van der Waals surface area contributed by atoms with Gasteiger partial charge in [-0.15, -0.1) is 0 Å². The number of carbonyl (C=O) groups is 2. The Kier molecular flexibility index (Phi) is 7.99. The van der Waals surface area contributed by atoms with E-state index in [9.17, 15) is 14.7 Å². The third-order valence-electron chi connectivity index (χ3n) is 7.26. The van der Waals surface area contributed by atoms with E-state index < -0.39 is 0 Å². The quantitative estimate of drug-likeness (QED) is 0.155. The van der Waals surface area contributed by atoms with Crippen molar-refractivity contribution in [3.8, 4) is 39.7 Å². The second-order valence-electron chi connectivity index (χ2n) is 10.1. The van der Waals surface area contributed by atoms with Gasteiger partial charge < -0.3 is 14.2 Å². The first-order valence-electron chi connectivity index (χ1n) is 13.5. The highest BCUT2D eigenvalue weighted by molar-refractivity contribution is 14.1. The van der Waals surface area contributed by atoms with Crippen molar-refractivity contribution in [2.75, 3.05) is 0 Å². The number of rotatable bonds is 5. The monoisotopic (exact) mass is 692 g/mol. The van der Waals surface area contributed by atoms with Crippen molar-refractivity contribution in [1.29, 1.82) is 0 Å².